The summed E-state index contributed by atoms with van der Waals surface area (Å²) in [5.74, 6) is -1.31. The van der Waals surface area contributed by atoms with Crippen LogP contribution in [0.1, 0.15) is 85.0 Å². The second-order valence-corrected chi connectivity index (χ2v) is 6.16. The molecule has 2 atom stereocenters. The molecule has 134 valence electrons. The van der Waals surface area contributed by atoms with E-state index in [4.69, 9.17) is 9.84 Å². The predicted octanol–water partition coefficient (Wildman–Crippen LogP) is 5.12. The summed E-state index contributed by atoms with van der Waals surface area (Å²) in [5, 5.41) is 8.60. The number of carbonyl (C=O) groups excluding carboxylic acids is 1. The van der Waals surface area contributed by atoms with Crippen LogP contribution in [-0.2, 0) is 14.3 Å². The molecule has 0 radical (unpaired) electrons. The second kappa shape index (κ2) is 14.3. The third-order valence-corrected chi connectivity index (χ3v) is 4.20. The zero-order chi connectivity index (χ0) is 17.5. The lowest BCUT2D eigenvalue weighted by Crippen LogP contribution is -2.26. The van der Waals surface area contributed by atoms with E-state index in [1.54, 1.807) is 0 Å². The molecule has 0 fully saturated rings. The number of hydrogen-bond donors (Lipinski definition) is 1. The highest BCUT2D eigenvalue weighted by Crippen LogP contribution is 2.24. The molecular formula is C19H34O4. The van der Waals surface area contributed by atoms with E-state index in [0.29, 0.717) is 5.92 Å². The Morgan fingerprint density at radius 2 is 1.57 bits per heavy atom. The Morgan fingerprint density at radius 3 is 2.13 bits per heavy atom. The van der Waals surface area contributed by atoms with Gasteiger partial charge in [-0.2, -0.15) is 0 Å². The molecule has 0 rings (SSSR count). The van der Waals surface area contributed by atoms with Gasteiger partial charge in [-0.25, -0.2) is 9.59 Å². The minimum absolute atomic E-state index is 0.0980. The van der Waals surface area contributed by atoms with Gasteiger partial charge in [-0.05, 0) is 31.6 Å². The van der Waals surface area contributed by atoms with Gasteiger partial charge < -0.3 is 9.84 Å². The van der Waals surface area contributed by atoms with E-state index >= 15 is 0 Å². The van der Waals surface area contributed by atoms with Crippen molar-refractivity contribution in [2.75, 3.05) is 0 Å². The summed E-state index contributed by atoms with van der Waals surface area (Å²) in [5.41, 5.74) is 0. The van der Waals surface area contributed by atoms with Crippen LogP contribution in [0.5, 0.6) is 0 Å². The molecule has 0 heterocycles. The molecule has 1 N–H and O–H groups in total. The van der Waals surface area contributed by atoms with Crippen molar-refractivity contribution in [2.45, 2.75) is 91.1 Å². The minimum atomic E-state index is -1.13. The van der Waals surface area contributed by atoms with Gasteiger partial charge >= 0.3 is 11.9 Å². The van der Waals surface area contributed by atoms with Gasteiger partial charge in [0, 0.05) is 12.2 Å². The van der Waals surface area contributed by atoms with Crippen LogP contribution in [-0.4, -0.2) is 23.1 Å². The largest absolute Gasteiger partial charge is 0.478 e. The highest BCUT2D eigenvalue weighted by atomic mass is 16.5. The zero-order valence-electron chi connectivity index (χ0n) is 15.1. The first-order valence-corrected chi connectivity index (χ1v) is 9.16. The molecule has 4 nitrogen and oxygen atoms in total. The van der Waals surface area contributed by atoms with Gasteiger partial charge in [-0.1, -0.05) is 59.3 Å². The first-order valence-electron chi connectivity index (χ1n) is 9.16. The van der Waals surface area contributed by atoms with Crippen molar-refractivity contribution in [1.82, 2.24) is 0 Å². The number of unbranched alkanes of at least 4 members (excludes halogenated alkanes) is 5. The van der Waals surface area contributed by atoms with Crippen molar-refractivity contribution in [1.29, 1.82) is 0 Å². The molecule has 0 bridgehead atoms. The first-order chi connectivity index (χ1) is 11.0. The van der Waals surface area contributed by atoms with Crippen LogP contribution < -0.4 is 0 Å². The highest BCUT2D eigenvalue weighted by Gasteiger charge is 2.22. The van der Waals surface area contributed by atoms with Gasteiger partial charge in [-0.3, -0.25) is 0 Å². The van der Waals surface area contributed by atoms with Gasteiger partial charge in [0.2, 0.25) is 0 Å². The molecule has 0 aliphatic heterocycles. The molecule has 2 unspecified atom stereocenters. The van der Waals surface area contributed by atoms with E-state index in [9.17, 15) is 9.59 Å². The average molecular weight is 326 g/mol. The van der Waals surface area contributed by atoms with Gasteiger partial charge in [0.25, 0.3) is 0 Å². The monoisotopic (exact) mass is 326 g/mol. The van der Waals surface area contributed by atoms with Crippen LogP contribution in [0, 0.1) is 5.92 Å². The van der Waals surface area contributed by atoms with Gasteiger partial charge in [0.15, 0.2) is 0 Å². The maximum absolute atomic E-state index is 11.8. The summed E-state index contributed by atoms with van der Waals surface area (Å²) in [7, 11) is 0. The quantitative estimate of drug-likeness (QED) is 0.273. The summed E-state index contributed by atoms with van der Waals surface area (Å²) in [6, 6.07) is 0. The van der Waals surface area contributed by atoms with Crippen molar-refractivity contribution in [3.05, 3.63) is 12.2 Å². The summed E-state index contributed by atoms with van der Waals surface area (Å²) < 4.78 is 5.57. The maximum Gasteiger partial charge on any atom is 0.331 e. The van der Waals surface area contributed by atoms with Crippen molar-refractivity contribution in [2.24, 2.45) is 5.92 Å². The predicted molar refractivity (Wildman–Crippen MR) is 93.3 cm³/mol. The number of esters is 1. The number of rotatable bonds is 14. The van der Waals surface area contributed by atoms with Crippen LogP contribution in [0.2, 0.25) is 0 Å². The van der Waals surface area contributed by atoms with Gasteiger partial charge in [-0.15, -0.1) is 0 Å². The van der Waals surface area contributed by atoms with E-state index in [1.165, 1.54) is 19.3 Å². The summed E-state index contributed by atoms with van der Waals surface area (Å²) in [6.45, 7) is 6.48. The third kappa shape index (κ3) is 11.8. The molecule has 0 aromatic heterocycles. The Morgan fingerprint density at radius 1 is 0.913 bits per heavy atom. The molecule has 0 saturated heterocycles. The average Bonchev–Trinajstić information content (AvgIpc) is 2.53. The second-order valence-electron chi connectivity index (χ2n) is 6.16. The molecular weight excluding hydrogens is 292 g/mol. The van der Waals surface area contributed by atoms with Crippen LogP contribution in [0.15, 0.2) is 12.2 Å². The van der Waals surface area contributed by atoms with E-state index in [-0.39, 0.29) is 6.10 Å². The summed E-state index contributed by atoms with van der Waals surface area (Å²) >= 11 is 0. The Kier molecular flexibility index (Phi) is 13.5. The van der Waals surface area contributed by atoms with E-state index < -0.39 is 11.9 Å². The summed E-state index contributed by atoms with van der Waals surface area (Å²) in [4.78, 5) is 22.3. The van der Waals surface area contributed by atoms with Crippen LogP contribution in [0.4, 0.5) is 0 Å². The molecule has 0 aliphatic rings. The first kappa shape index (κ1) is 21.7. The van der Waals surface area contributed by atoms with Gasteiger partial charge in [0.05, 0.1) is 0 Å². The normalized spacial score (nSPS) is 13.9. The highest BCUT2D eigenvalue weighted by molar-refractivity contribution is 5.90. The van der Waals surface area contributed by atoms with Crippen LogP contribution in [0.25, 0.3) is 0 Å². The molecule has 23 heavy (non-hydrogen) atoms. The number of hydrogen-bond acceptors (Lipinski definition) is 3. The smallest absolute Gasteiger partial charge is 0.331 e. The minimum Gasteiger partial charge on any atom is -0.478 e. The lowest BCUT2D eigenvalue weighted by Gasteiger charge is -2.26. The fourth-order valence-corrected chi connectivity index (χ4v) is 2.79. The fraction of sp³-hybridized carbons (Fsp3) is 0.789. The molecule has 0 spiro atoms. The van der Waals surface area contributed by atoms with Crippen LogP contribution >= 0.6 is 0 Å². The van der Waals surface area contributed by atoms with Crippen molar-refractivity contribution >= 4 is 11.9 Å². The molecule has 0 aliphatic carbocycles. The van der Waals surface area contributed by atoms with Crippen molar-refractivity contribution < 1.29 is 19.4 Å². The number of aliphatic carboxylic acids is 1. The van der Waals surface area contributed by atoms with Crippen molar-refractivity contribution in [3.8, 4) is 0 Å². The van der Waals surface area contributed by atoms with E-state index in [2.05, 4.69) is 20.8 Å². The Labute approximate surface area is 141 Å². The number of carboxylic acid groups (broad SMARTS) is 1. The van der Waals surface area contributed by atoms with E-state index in [0.717, 1.165) is 57.1 Å². The number of carboxylic acids is 1. The zero-order valence-corrected chi connectivity index (χ0v) is 15.1. The lowest BCUT2D eigenvalue weighted by molar-refractivity contribution is -0.147. The van der Waals surface area contributed by atoms with Gasteiger partial charge in [0.1, 0.15) is 6.10 Å². The molecule has 4 heteroatoms. The fourth-order valence-electron chi connectivity index (χ4n) is 2.79. The van der Waals surface area contributed by atoms with Crippen molar-refractivity contribution in [3.63, 3.8) is 0 Å². The SMILES string of the molecule is CCCCCCCC(OC(=O)/C=C\C(=O)O)C(CC)CCCC. The Hall–Kier alpha value is -1.32. The maximum atomic E-state index is 11.8. The topological polar surface area (TPSA) is 63.6 Å². The van der Waals surface area contributed by atoms with Crippen LogP contribution in [0.3, 0.4) is 0 Å². The Bertz CT molecular complexity index is 349. The van der Waals surface area contributed by atoms with E-state index in [1.807, 2.05) is 0 Å². The molecule has 0 aromatic carbocycles. The molecule has 0 amide bonds. The lowest BCUT2D eigenvalue weighted by atomic mass is 9.90. The third-order valence-electron chi connectivity index (χ3n) is 4.20. The molecule has 0 aromatic rings. The molecule has 0 saturated carbocycles. The number of carbonyl (C=O) groups is 2. The standard InChI is InChI=1S/C19H34O4/c1-4-7-9-10-11-13-17(16(6-3)12-8-5-2)23-19(22)15-14-18(20)21/h14-17H,4-13H2,1-3H3,(H,20,21)/b15-14-. The Balaban J connectivity index is 4.56. The number of ether oxygens (including phenoxy) is 1. The summed E-state index contributed by atoms with van der Waals surface area (Å²) in [6.07, 6.45) is 12.8.